The van der Waals surface area contributed by atoms with Crippen molar-refractivity contribution in [2.24, 2.45) is 0 Å². The molecule has 10 nitrogen and oxygen atoms in total. The summed E-state index contributed by atoms with van der Waals surface area (Å²) in [7, 11) is 0. The van der Waals surface area contributed by atoms with Gasteiger partial charge in [-0.3, -0.25) is 9.59 Å². The number of hydrogen-bond acceptors (Lipinski definition) is 8. The first-order valence-electron chi connectivity index (χ1n) is 11.4. The molecule has 0 radical (unpaired) electrons. The Kier molecular flexibility index (Phi) is 5.05. The summed E-state index contributed by atoms with van der Waals surface area (Å²) in [5, 5.41) is 14.3. The van der Waals surface area contributed by atoms with Crippen molar-refractivity contribution in [3.05, 3.63) is 64.9 Å². The number of nitrogens with zero attached hydrogens (tertiary/aromatic N) is 5. The van der Waals surface area contributed by atoms with Gasteiger partial charge in [0.05, 0.1) is 12.0 Å². The second kappa shape index (κ2) is 8.36. The van der Waals surface area contributed by atoms with E-state index in [1.165, 1.54) is 11.1 Å². The van der Waals surface area contributed by atoms with Crippen LogP contribution in [0, 0.1) is 0 Å². The van der Waals surface area contributed by atoms with E-state index in [4.69, 9.17) is 4.42 Å². The van der Waals surface area contributed by atoms with Crippen LogP contribution in [0.4, 0.5) is 5.95 Å². The van der Waals surface area contributed by atoms with Crippen LogP contribution in [0.25, 0.3) is 11.5 Å². The van der Waals surface area contributed by atoms with Gasteiger partial charge in [0, 0.05) is 43.6 Å². The summed E-state index contributed by atoms with van der Waals surface area (Å²) in [6, 6.07) is 8.71. The van der Waals surface area contributed by atoms with E-state index in [2.05, 4.69) is 55.1 Å². The van der Waals surface area contributed by atoms with Crippen LogP contribution in [0.3, 0.4) is 0 Å². The molecule has 2 amide bonds. The molecule has 0 fully saturated rings. The molecule has 2 N–H and O–H groups in total. The first kappa shape index (κ1) is 20.5. The van der Waals surface area contributed by atoms with Crippen LogP contribution in [0.2, 0.25) is 0 Å². The maximum absolute atomic E-state index is 12.7. The first-order valence-corrected chi connectivity index (χ1v) is 11.4. The lowest BCUT2D eigenvalue weighted by atomic mass is 10.1. The van der Waals surface area contributed by atoms with E-state index in [1.807, 2.05) is 0 Å². The van der Waals surface area contributed by atoms with Crippen LogP contribution in [-0.2, 0) is 28.9 Å². The number of carbonyl (C=O) groups excluding carboxylic acids is 2. The second-order valence-electron chi connectivity index (χ2n) is 8.86. The summed E-state index contributed by atoms with van der Waals surface area (Å²) < 4.78 is 5.70. The molecule has 0 atom stereocenters. The highest BCUT2D eigenvalue weighted by molar-refractivity contribution is 5.85. The molecule has 10 heteroatoms. The van der Waals surface area contributed by atoms with E-state index < -0.39 is 0 Å². The van der Waals surface area contributed by atoms with Gasteiger partial charge in [0.1, 0.15) is 6.42 Å². The van der Waals surface area contributed by atoms with Crippen molar-refractivity contribution in [2.45, 2.75) is 38.1 Å². The number of amides is 2. The zero-order valence-corrected chi connectivity index (χ0v) is 18.5. The van der Waals surface area contributed by atoms with E-state index in [1.54, 1.807) is 17.3 Å². The lowest BCUT2D eigenvalue weighted by Gasteiger charge is -2.27. The standard InChI is InChI=1S/C24H23N7O3/c32-20-9-16-13-31(6-5-19(16)28-20)22(33)10-21-29-30-23(34-21)17-11-25-24(26-12-17)27-18-7-14-3-1-2-4-15(14)8-18/h1-4,11-12,18H,5-10,13H2,(H,28,32)(H,25,26,27). The molecule has 34 heavy (non-hydrogen) atoms. The Morgan fingerprint density at radius 1 is 1.15 bits per heavy atom. The zero-order chi connectivity index (χ0) is 23.1. The van der Waals surface area contributed by atoms with Gasteiger partial charge in [-0.2, -0.15) is 0 Å². The van der Waals surface area contributed by atoms with Gasteiger partial charge in [-0.25, -0.2) is 9.97 Å². The molecule has 2 aromatic heterocycles. The highest BCUT2D eigenvalue weighted by Gasteiger charge is 2.29. The maximum atomic E-state index is 12.7. The largest absolute Gasteiger partial charge is 0.420 e. The Bertz CT molecular complexity index is 1270. The van der Waals surface area contributed by atoms with E-state index in [9.17, 15) is 9.59 Å². The Morgan fingerprint density at radius 2 is 1.91 bits per heavy atom. The van der Waals surface area contributed by atoms with Crippen molar-refractivity contribution < 1.29 is 14.0 Å². The van der Waals surface area contributed by atoms with Crippen LogP contribution < -0.4 is 10.6 Å². The Morgan fingerprint density at radius 3 is 2.68 bits per heavy atom. The zero-order valence-electron chi connectivity index (χ0n) is 18.5. The third kappa shape index (κ3) is 4.02. The van der Waals surface area contributed by atoms with Crippen molar-refractivity contribution >= 4 is 17.8 Å². The molecule has 0 spiro atoms. The van der Waals surface area contributed by atoms with Crippen LogP contribution in [0.15, 0.2) is 52.3 Å². The fourth-order valence-corrected chi connectivity index (χ4v) is 4.80. The van der Waals surface area contributed by atoms with E-state index in [-0.39, 0.29) is 36.1 Å². The summed E-state index contributed by atoms with van der Waals surface area (Å²) >= 11 is 0. The predicted molar refractivity (Wildman–Crippen MR) is 121 cm³/mol. The number of aromatic nitrogens is 4. The van der Waals surface area contributed by atoms with Gasteiger partial charge in [-0.05, 0) is 29.5 Å². The molecule has 6 rings (SSSR count). The average molecular weight is 457 g/mol. The maximum Gasteiger partial charge on any atom is 0.250 e. The minimum Gasteiger partial charge on any atom is -0.420 e. The van der Waals surface area contributed by atoms with Crippen molar-refractivity contribution in [2.75, 3.05) is 18.4 Å². The van der Waals surface area contributed by atoms with Crippen LogP contribution in [0.5, 0.6) is 0 Å². The molecular weight excluding hydrogens is 434 g/mol. The number of anilines is 1. The van der Waals surface area contributed by atoms with Crippen LogP contribution in [0.1, 0.15) is 29.9 Å². The summed E-state index contributed by atoms with van der Waals surface area (Å²) in [6.45, 7) is 1.02. The Balaban J connectivity index is 1.06. The van der Waals surface area contributed by atoms with Gasteiger partial charge in [-0.15, -0.1) is 10.2 Å². The Hall–Kier alpha value is -4.08. The predicted octanol–water partition coefficient (Wildman–Crippen LogP) is 1.65. The lowest BCUT2D eigenvalue weighted by Crippen LogP contribution is -2.38. The van der Waals surface area contributed by atoms with Crippen LogP contribution >= 0.6 is 0 Å². The summed E-state index contributed by atoms with van der Waals surface area (Å²) in [6.07, 6.45) is 6.21. The van der Waals surface area contributed by atoms with Gasteiger partial charge in [0.2, 0.25) is 23.7 Å². The lowest BCUT2D eigenvalue weighted by molar-refractivity contribution is -0.130. The Labute approximate surface area is 195 Å². The van der Waals surface area contributed by atoms with Gasteiger partial charge in [0.15, 0.2) is 0 Å². The number of hydrogen-bond donors (Lipinski definition) is 2. The number of nitrogens with one attached hydrogen (secondary N) is 2. The highest BCUT2D eigenvalue weighted by atomic mass is 16.4. The fourth-order valence-electron chi connectivity index (χ4n) is 4.80. The van der Waals surface area contributed by atoms with E-state index in [0.717, 1.165) is 24.1 Å². The number of benzene rings is 1. The molecule has 0 saturated carbocycles. The molecule has 3 aromatic rings. The number of rotatable bonds is 5. The third-order valence-electron chi connectivity index (χ3n) is 6.51. The van der Waals surface area contributed by atoms with E-state index in [0.29, 0.717) is 37.4 Å². The third-order valence-corrected chi connectivity index (χ3v) is 6.51. The van der Waals surface area contributed by atoms with Gasteiger partial charge in [0.25, 0.3) is 5.89 Å². The molecule has 3 aliphatic rings. The average Bonchev–Trinajstić information content (AvgIpc) is 3.56. The fraction of sp³-hybridized carbons (Fsp3) is 0.333. The smallest absolute Gasteiger partial charge is 0.250 e. The topological polar surface area (TPSA) is 126 Å². The van der Waals surface area contributed by atoms with Crippen molar-refractivity contribution in [1.82, 2.24) is 30.4 Å². The monoisotopic (exact) mass is 457 g/mol. The summed E-state index contributed by atoms with van der Waals surface area (Å²) in [5.74, 6) is 0.963. The van der Waals surface area contributed by atoms with Crippen molar-refractivity contribution in [1.29, 1.82) is 0 Å². The molecule has 1 aromatic carbocycles. The van der Waals surface area contributed by atoms with Crippen LogP contribution in [-0.4, -0.2) is 56.0 Å². The van der Waals surface area contributed by atoms with Gasteiger partial charge in [-0.1, -0.05) is 24.3 Å². The summed E-state index contributed by atoms with van der Waals surface area (Å²) in [4.78, 5) is 34.8. The molecule has 0 unspecified atom stereocenters. The molecule has 0 saturated heterocycles. The molecule has 172 valence electrons. The SMILES string of the molecule is O=C1CC2=C(CCN(C(=O)Cc3nnc(-c4cnc(NC5Cc6ccccc6C5)nc4)o3)C2)N1. The van der Waals surface area contributed by atoms with Crippen molar-refractivity contribution in [3.63, 3.8) is 0 Å². The first-order chi connectivity index (χ1) is 16.6. The van der Waals surface area contributed by atoms with Gasteiger partial charge >= 0.3 is 0 Å². The minimum atomic E-state index is -0.102. The normalized spacial score (nSPS) is 17.5. The number of carbonyl (C=O) groups is 2. The minimum absolute atomic E-state index is 0.00221. The van der Waals surface area contributed by atoms with Gasteiger partial charge < -0.3 is 20.0 Å². The molecule has 4 heterocycles. The molecule has 2 aliphatic heterocycles. The molecule has 0 bridgehead atoms. The van der Waals surface area contributed by atoms with Crippen molar-refractivity contribution in [3.8, 4) is 11.5 Å². The highest BCUT2D eigenvalue weighted by Crippen LogP contribution is 2.25. The quantitative estimate of drug-likeness (QED) is 0.592. The number of fused-ring (bicyclic) bond motifs is 1. The van der Waals surface area contributed by atoms with E-state index >= 15 is 0 Å². The summed E-state index contributed by atoms with van der Waals surface area (Å²) in [5.41, 5.74) is 5.27. The molecule has 1 aliphatic carbocycles. The molecular formula is C24H23N7O3. The second-order valence-corrected chi connectivity index (χ2v) is 8.86.